The number of carboxylic acids is 1. The van der Waals surface area contributed by atoms with E-state index in [4.69, 9.17) is 9.84 Å². The van der Waals surface area contributed by atoms with Gasteiger partial charge in [-0.2, -0.15) is 0 Å². The summed E-state index contributed by atoms with van der Waals surface area (Å²) in [6.07, 6.45) is 3.13. The lowest BCUT2D eigenvalue weighted by molar-refractivity contribution is -0.141. The third-order valence-electron chi connectivity index (χ3n) is 3.09. The summed E-state index contributed by atoms with van der Waals surface area (Å²) in [5, 5.41) is 8.67. The molecule has 0 aromatic heterocycles. The second-order valence-corrected chi connectivity index (χ2v) is 3.72. The third-order valence-corrected chi connectivity index (χ3v) is 3.09. The van der Waals surface area contributed by atoms with Crippen LogP contribution in [0.3, 0.4) is 0 Å². The number of rotatable bonds is 2. The normalized spacial score (nSPS) is 47.0. The molecule has 2 aliphatic rings. The van der Waals surface area contributed by atoms with E-state index in [9.17, 15) is 4.79 Å². The van der Waals surface area contributed by atoms with Gasteiger partial charge in [0.25, 0.3) is 0 Å². The van der Waals surface area contributed by atoms with Crippen molar-refractivity contribution in [2.24, 2.45) is 11.3 Å². The first kappa shape index (κ1) is 7.10. The Bertz CT molecular complexity index is 194. The van der Waals surface area contributed by atoms with Gasteiger partial charge in [0.15, 0.2) is 0 Å². The van der Waals surface area contributed by atoms with Crippen molar-refractivity contribution in [3.63, 3.8) is 0 Å². The largest absolute Gasteiger partial charge is 0.481 e. The highest BCUT2D eigenvalue weighted by Gasteiger charge is 2.65. The number of aliphatic carboxylic acids is 1. The molecule has 3 heteroatoms. The number of carbonyl (C=O) groups is 1. The van der Waals surface area contributed by atoms with Crippen molar-refractivity contribution in [2.75, 3.05) is 7.11 Å². The van der Waals surface area contributed by atoms with Crippen LogP contribution in [0, 0.1) is 11.3 Å². The SMILES string of the molecule is COC1CC2(C1)CC2C(=O)O. The maximum Gasteiger partial charge on any atom is 0.307 e. The molecular weight excluding hydrogens is 144 g/mol. The molecule has 1 unspecified atom stereocenters. The monoisotopic (exact) mass is 156 g/mol. The van der Waals surface area contributed by atoms with Gasteiger partial charge < -0.3 is 9.84 Å². The smallest absolute Gasteiger partial charge is 0.307 e. The minimum atomic E-state index is -0.625. The zero-order chi connectivity index (χ0) is 8.06. The summed E-state index contributed by atoms with van der Waals surface area (Å²) >= 11 is 0. The number of hydrogen-bond donors (Lipinski definition) is 1. The minimum absolute atomic E-state index is 0.0612. The van der Waals surface area contributed by atoms with Crippen LogP contribution in [0.2, 0.25) is 0 Å². The molecule has 0 bridgehead atoms. The molecule has 0 aromatic carbocycles. The highest BCUT2D eigenvalue weighted by atomic mass is 16.5. The van der Waals surface area contributed by atoms with Crippen molar-refractivity contribution in [2.45, 2.75) is 25.4 Å². The maximum absolute atomic E-state index is 10.5. The topological polar surface area (TPSA) is 46.5 Å². The van der Waals surface area contributed by atoms with E-state index in [2.05, 4.69) is 0 Å². The van der Waals surface area contributed by atoms with E-state index in [0.717, 1.165) is 19.3 Å². The molecule has 62 valence electrons. The zero-order valence-electron chi connectivity index (χ0n) is 6.54. The van der Waals surface area contributed by atoms with Crippen molar-refractivity contribution in [3.8, 4) is 0 Å². The van der Waals surface area contributed by atoms with Gasteiger partial charge in [-0.1, -0.05) is 0 Å². The summed E-state index contributed by atoms with van der Waals surface area (Å²) in [5.74, 6) is -0.687. The second kappa shape index (κ2) is 1.97. The van der Waals surface area contributed by atoms with Crippen LogP contribution in [-0.2, 0) is 9.53 Å². The first-order valence-corrected chi connectivity index (χ1v) is 3.93. The van der Waals surface area contributed by atoms with Gasteiger partial charge in [-0.25, -0.2) is 0 Å². The lowest BCUT2D eigenvalue weighted by atomic mass is 9.77. The number of hydrogen-bond acceptors (Lipinski definition) is 2. The van der Waals surface area contributed by atoms with Gasteiger partial charge >= 0.3 is 5.97 Å². The van der Waals surface area contributed by atoms with E-state index in [-0.39, 0.29) is 11.3 Å². The molecule has 1 spiro atoms. The van der Waals surface area contributed by atoms with Crippen LogP contribution in [0.15, 0.2) is 0 Å². The summed E-state index contributed by atoms with van der Waals surface area (Å²) in [5.41, 5.74) is 0.159. The highest BCUT2D eigenvalue weighted by Crippen LogP contribution is 2.65. The first-order chi connectivity index (χ1) is 5.18. The number of ether oxygens (including phenoxy) is 1. The Labute approximate surface area is 65.4 Å². The molecule has 0 heterocycles. The van der Waals surface area contributed by atoms with Gasteiger partial charge in [0.1, 0.15) is 0 Å². The molecular formula is C8H12O3. The van der Waals surface area contributed by atoms with E-state index in [1.807, 2.05) is 0 Å². The van der Waals surface area contributed by atoms with Crippen LogP contribution in [0.25, 0.3) is 0 Å². The first-order valence-electron chi connectivity index (χ1n) is 3.93. The Morgan fingerprint density at radius 3 is 2.55 bits per heavy atom. The molecule has 2 rings (SSSR count). The van der Waals surface area contributed by atoms with Crippen molar-refractivity contribution in [1.29, 1.82) is 0 Å². The summed E-state index contributed by atoms with van der Waals surface area (Å²) in [4.78, 5) is 10.5. The average Bonchev–Trinajstić information content (AvgIpc) is 2.57. The van der Waals surface area contributed by atoms with Crippen LogP contribution in [0.4, 0.5) is 0 Å². The maximum atomic E-state index is 10.5. The van der Waals surface area contributed by atoms with Crippen molar-refractivity contribution >= 4 is 5.97 Å². The molecule has 11 heavy (non-hydrogen) atoms. The van der Waals surface area contributed by atoms with Gasteiger partial charge in [0.05, 0.1) is 12.0 Å². The lowest BCUT2D eigenvalue weighted by Crippen LogP contribution is -2.34. The third kappa shape index (κ3) is 0.872. The molecule has 2 saturated carbocycles. The lowest BCUT2D eigenvalue weighted by Gasteiger charge is -2.35. The van der Waals surface area contributed by atoms with Crippen LogP contribution in [-0.4, -0.2) is 24.3 Å². The Morgan fingerprint density at radius 2 is 2.18 bits per heavy atom. The van der Waals surface area contributed by atoms with Gasteiger partial charge in [0, 0.05) is 7.11 Å². The Kier molecular flexibility index (Phi) is 1.27. The van der Waals surface area contributed by atoms with Crippen LogP contribution in [0.5, 0.6) is 0 Å². The van der Waals surface area contributed by atoms with E-state index in [1.165, 1.54) is 0 Å². The van der Waals surface area contributed by atoms with E-state index in [1.54, 1.807) is 7.11 Å². The number of carboxylic acid groups (broad SMARTS) is 1. The number of methoxy groups -OCH3 is 1. The molecule has 0 amide bonds. The van der Waals surface area contributed by atoms with Gasteiger partial charge in [0.2, 0.25) is 0 Å². The summed E-state index contributed by atoms with van der Waals surface area (Å²) in [6, 6.07) is 0. The molecule has 0 aliphatic heterocycles. The fourth-order valence-electron chi connectivity index (χ4n) is 2.16. The van der Waals surface area contributed by atoms with Gasteiger partial charge in [-0.3, -0.25) is 4.79 Å². The fraction of sp³-hybridized carbons (Fsp3) is 0.875. The summed E-state index contributed by atoms with van der Waals surface area (Å²) < 4.78 is 5.10. The quantitative estimate of drug-likeness (QED) is 0.645. The van der Waals surface area contributed by atoms with Crippen molar-refractivity contribution in [1.82, 2.24) is 0 Å². The van der Waals surface area contributed by atoms with E-state index < -0.39 is 5.97 Å². The molecule has 1 N–H and O–H groups in total. The highest BCUT2D eigenvalue weighted by molar-refractivity contribution is 5.75. The predicted molar refractivity (Wildman–Crippen MR) is 38.2 cm³/mol. The standard InChI is InChI=1S/C8H12O3/c1-11-5-2-8(3-5)4-6(8)7(9)10/h5-6H,2-4H2,1H3,(H,9,10). The summed E-state index contributed by atoms with van der Waals surface area (Å²) in [7, 11) is 1.69. The molecule has 1 atom stereocenters. The molecule has 3 nitrogen and oxygen atoms in total. The second-order valence-electron chi connectivity index (χ2n) is 3.72. The van der Waals surface area contributed by atoms with Crippen LogP contribution in [0.1, 0.15) is 19.3 Å². The molecule has 0 saturated heterocycles. The van der Waals surface area contributed by atoms with E-state index >= 15 is 0 Å². The van der Waals surface area contributed by atoms with Crippen LogP contribution >= 0.6 is 0 Å². The van der Waals surface area contributed by atoms with Crippen LogP contribution < -0.4 is 0 Å². The predicted octanol–water partition coefficient (Wildman–Crippen LogP) is 0.886. The Balaban J connectivity index is 1.88. The van der Waals surface area contributed by atoms with Crippen molar-refractivity contribution < 1.29 is 14.6 Å². The Morgan fingerprint density at radius 1 is 1.55 bits per heavy atom. The fourth-order valence-corrected chi connectivity index (χ4v) is 2.16. The van der Waals surface area contributed by atoms with Gasteiger partial charge in [-0.05, 0) is 24.7 Å². The average molecular weight is 156 g/mol. The molecule has 0 radical (unpaired) electrons. The Hall–Kier alpha value is -0.570. The van der Waals surface area contributed by atoms with Gasteiger partial charge in [-0.15, -0.1) is 0 Å². The molecule has 0 aromatic rings. The minimum Gasteiger partial charge on any atom is -0.481 e. The zero-order valence-corrected chi connectivity index (χ0v) is 6.54. The molecule has 2 aliphatic carbocycles. The summed E-state index contributed by atoms with van der Waals surface area (Å²) in [6.45, 7) is 0. The van der Waals surface area contributed by atoms with E-state index in [0.29, 0.717) is 6.10 Å². The molecule has 2 fully saturated rings. The van der Waals surface area contributed by atoms with Crippen molar-refractivity contribution in [3.05, 3.63) is 0 Å².